The minimum Gasteiger partial charge on any atom is -0.339 e. The summed E-state index contributed by atoms with van der Waals surface area (Å²) in [5.74, 6) is 1.25. The third-order valence-electron chi connectivity index (χ3n) is 4.22. The highest BCUT2D eigenvalue weighted by Crippen LogP contribution is 2.36. The van der Waals surface area contributed by atoms with E-state index >= 15 is 0 Å². The first-order valence-electron chi connectivity index (χ1n) is 7.44. The molecule has 22 heavy (non-hydrogen) atoms. The average molecular weight is 295 g/mol. The highest BCUT2D eigenvalue weighted by Gasteiger charge is 2.38. The highest BCUT2D eigenvalue weighted by molar-refractivity contribution is 5.34. The Labute approximate surface area is 127 Å². The highest BCUT2D eigenvalue weighted by atomic mass is 16.5. The van der Waals surface area contributed by atoms with Crippen molar-refractivity contribution in [2.45, 2.75) is 31.2 Å². The van der Waals surface area contributed by atoms with Crippen molar-refractivity contribution in [2.24, 2.45) is 5.73 Å². The van der Waals surface area contributed by atoms with Gasteiger partial charge in [-0.15, -0.1) is 0 Å². The third-order valence-corrected chi connectivity index (χ3v) is 4.22. The van der Waals surface area contributed by atoms with Crippen LogP contribution in [0, 0.1) is 0 Å². The zero-order chi connectivity index (χ0) is 15.0. The number of hydrogen-bond acceptors (Lipinski definition) is 5. The molecule has 2 aromatic heterocycles. The van der Waals surface area contributed by atoms with Gasteiger partial charge in [0.2, 0.25) is 5.89 Å². The fraction of sp³-hybridized carbons (Fsp3) is 0.312. The van der Waals surface area contributed by atoms with Crippen LogP contribution in [0.25, 0.3) is 5.69 Å². The molecule has 0 amide bonds. The van der Waals surface area contributed by atoms with E-state index in [2.05, 4.69) is 15.2 Å². The smallest absolute Gasteiger partial charge is 0.231 e. The Hall–Kier alpha value is -2.47. The molecule has 1 aliphatic carbocycles. The Morgan fingerprint density at radius 3 is 2.68 bits per heavy atom. The summed E-state index contributed by atoms with van der Waals surface area (Å²) < 4.78 is 7.16. The van der Waals surface area contributed by atoms with Crippen molar-refractivity contribution in [1.29, 1.82) is 0 Å². The van der Waals surface area contributed by atoms with Gasteiger partial charge in [-0.25, -0.2) is 4.68 Å². The van der Waals surface area contributed by atoms with Crippen LogP contribution in [0.1, 0.15) is 36.5 Å². The molecule has 6 nitrogen and oxygen atoms in total. The topological polar surface area (TPSA) is 82.8 Å². The quantitative estimate of drug-likeness (QED) is 0.797. The molecule has 0 bridgehead atoms. The van der Waals surface area contributed by atoms with E-state index in [0.29, 0.717) is 18.1 Å². The minimum atomic E-state index is -0.369. The molecule has 0 atom stereocenters. The lowest BCUT2D eigenvalue weighted by Crippen LogP contribution is -2.44. The van der Waals surface area contributed by atoms with Crippen LogP contribution >= 0.6 is 0 Å². The van der Waals surface area contributed by atoms with E-state index in [4.69, 9.17) is 10.3 Å². The molecule has 0 aliphatic heterocycles. The summed E-state index contributed by atoms with van der Waals surface area (Å²) in [6, 6.07) is 10.0. The lowest BCUT2D eigenvalue weighted by molar-refractivity contribution is 0.229. The van der Waals surface area contributed by atoms with Crippen LogP contribution in [0.4, 0.5) is 0 Å². The molecular weight excluding hydrogens is 278 g/mol. The lowest BCUT2D eigenvalue weighted by atomic mass is 9.77. The van der Waals surface area contributed by atoms with Crippen molar-refractivity contribution in [3.05, 3.63) is 60.0 Å². The van der Waals surface area contributed by atoms with Crippen molar-refractivity contribution in [2.75, 3.05) is 0 Å². The second-order valence-corrected chi connectivity index (χ2v) is 5.82. The Bertz CT molecular complexity index is 756. The fourth-order valence-corrected chi connectivity index (χ4v) is 2.67. The molecule has 1 fully saturated rings. The van der Waals surface area contributed by atoms with Crippen LogP contribution in [-0.2, 0) is 12.0 Å². The summed E-state index contributed by atoms with van der Waals surface area (Å²) in [4.78, 5) is 4.45. The first kappa shape index (κ1) is 13.2. The first-order chi connectivity index (χ1) is 10.7. The van der Waals surface area contributed by atoms with Crippen molar-refractivity contribution in [3.63, 3.8) is 0 Å². The van der Waals surface area contributed by atoms with Gasteiger partial charge in [0.1, 0.15) is 0 Å². The molecule has 3 aromatic rings. The first-order valence-corrected chi connectivity index (χ1v) is 7.44. The van der Waals surface area contributed by atoms with Gasteiger partial charge in [0.05, 0.1) is 17.6 Å². The molecule has 1 aromatic carbocycles. The number of nitrogens with two attached hydrogens (primary N) is 1. The molecule has 112 valence electrons. The Morgan fingerprint density at radius 1 is 1.23 bits per heavy atom. The Morgan fingerprint density at radius 2 is 2.05 bits per heavy atom. The van der Waals surface area contributed by atoms with Gasteiger partial charge in [-0.05, 0) is 43.0 Å². The van der Waals surface area contributed by atoms with Gasteiger partial charge in [-0.2, -0.15) is 10.1 Å². The predicted octanol–water partition coefficient (Wildman–Crippen LogP) is 2.18. The van der Waals surface area contributed by atoms with Crippen molar-refractivity contribution in [1.82, 2.24) is 19.9 Å². The monoisotopic (exact) mass is 295 g/mol. The second kappa shape index (κ2) is 5.06. The maximum absolute atomic E-state index is 6.21. The van der Waals surface area contributed by atoms with Crippen molar-refractivity contribution < 1.29 is 4.52 Å². The number of hydrogen-bond donors (Lipinski definition) is 1. The molecule has 0 unspecified atom stereocenters. The molecule has 4 rings (SSSR count). The fourth-order valence-electron chi connectivity index (χ4n) is 2.67. The van der Waals surface area contributed by atoms with E-state index in [0.717, 1.165) is 30.5 Å². The third kappa shape index (κ3) is 2.31. The van der Waals surface area contributed by atoms with Crippen LogP contribution in [0.2, 0.25) is 0 Å². The number of aromatic nitrogens is 4. The van der Waals surface area contributed by atoms with Crippen LogP contribution in [0.15, 0.2) is 47.2 Å². The standard InChI is InChI=1S/C16H17N5O/c17-16(7-1-8-16)15-19-14(22-20-15)11-12-3-5-13(6-4-12)21-10-2-9-18-21/h2-6,9-10H,1,7-8,11,17H2. The van der Waals surface area contributed by atoms with Crippen molar-refractivity contribution in [3.8, 4) is 5.69 Å². The van der Waals surface area contributed by atoms with E-state index in [1.54, 1.807) is 6.20 Å². The zero-order valence-electron chi connectivity index (χ0n) is 12.1. The molecular formula is C16H17N5O. The van der Waals surface area contributed by atoms with Crippen LogP contribution < -0.4 is 5.73 Å². The van der Waals surface area contributed by atoms with Crippen molar-refractivity contribution >= 4 is 0 Å². The largest absolute Gasteiger partial charge is 0.339 e. The normalized spacial score (nSPS) is 16.4. The maximum atomic E-state index is 6.21. The molecule has 1 aliphatic rings. The van der Waals surface area contributed by atoms with Crippen LogP contribution in [-0.4, -0.2) is 19.9 Å². The van der Waals surface area contributed by atoms with E-state index < -0.39 is 0 Å². The molecule has 2 N–H and O–H groups in total. The average Bonchev–Trinajstić information content (AvgIpc) is 3.17. The van der Waals surface area contributed by atoms with E-state index in [1.807, 2.05) is 41.2 Å². The van der Waals surface area contributed by atoms with Gasteiger partial charge in [-0.1, -0.05) is 17.3 Å². The lowest BCUT2D eigenvalue weighted by Gasteiger charge is -2.34. The molecule has 1 saturated carbocycles. The van der Waals surface area contributed by atoms with E-state index in [9.17, 15) is 0 Å². The van der Waals surface area contributed by atoms with E-state index in [1.165, 1.54) is 0 Å². The van der Waals surface area contributed by atoms with Gasteiger partial charge < -0.3 is 10.3 Å². The summed E-state index contributed by atoms with van der Waals surface area (Å²) in [5, 5.41) is 8.25. The molecule has 0 saturated heterocycles. The minimum absolute atomic E-state index is 0.369. The van der Waals surface area contributed by atoms with E-state index in [-0.39, 0.29) is 5.54 Å². The number of nitrogens with zero attached hydrogens (tertiary/aromatic N) is 4. The Balaban J connectivity index is 1.49. The summed E-state index contributed by atoms with van der Waals surface area (Å²) in [6.07, 6.45) is 7.29. The SMILES string of the molecule is NC1(c2noc(Cc3ccc(-n4cccn4)cc3)n2)CCC1. The Kier molecular flexibility index (Phi) is 3.04. The number of rotatable bonds is 4. The van der Waals surface area contributed by atoms with Gasteiger partial charge in [-0.3, -0.25) is 0 Å². The summed E-state index contributed by atoms with van der Waals surface area (Å²) in [5.41, 5.74) is 7.98. The molecule has 2 heterocycles. The van der Waals surface area contributed by atoms with Crippen LogP contribution in [0.3, 0.4) is 0 Å². The summed E-state index contributed by atoms with van der Waals surface area (Å²) in [7, 11) is 0. The summed E-state index contributed by atoms with van der Waals surface area (Å²) >= 11 is 0. The van der Waals surface area contributed by atoms with Gasteiger partial charge in [0.25, 0.3) is 0 Å². The van der Waals surface area contributed by atoms with Crippen LogP contribution in [0.5, 0.6) is 0 Å². The maximum Gasteiger partial charge on any atom is 0.231 e. The number of benzene rings is 1. The van der Waals surface area contributed by atoms with Gasteiger partial charge >= 0.3 is 0 Å². The zero-order valence-corrected chi connectivity index (χ0v) is 12.1. The predicted molar refractivity (Wildman–Crippen MR) is 80.4 cm³/mol. The molecule has 6 heteroatoms. The van der Waals surface area contributed by atoms with Gasteiger partial charge in [0, 0.05) is 12.4 Å². The second-order valence-electron chi connectivity index (χ2n) is 5.82. The van der Waals surface area contributed by atoms with Gasteiger partial charge in [0.15, 0.2) is 5.82 Å². The molecule has 0 spiro atoms. The molecule has 0 radical (unpaired) electrons. The summed E-state index contributed by atoms with van der Waals surface area (Å²) in [6.45, 7) is 0.